The van der Waals surface area contributed by atoms with Crippen LogP contribution in [0.2, 0.25) is 5.02 Å². The van der Waals surface area contributed by atoms with Gasteiger partial charge in [0.15, 0.2) is 0 Å². The summed E-state index contributed by atoms with van der Waals surface area (Å²) in [6.07, 6.45) is 1.52. The molecule has 0 saturated carbocycles. The summed E-state index contributed by atoms with van der Waals surface area (Å²) in [6.45, 7) is 2.71. The molecule has 30 heavy (non-hydrogen) atoms. The maximum Gasteiger partial charge on any atom is 0.253 e. The number of piperidine rings is 1. The van der Waals surface area contributed by atoms with Crippen molar-refractivity contribution in [3.05, 3.63) is 65.0 Å². The van der Waals surface area contributed by atoms with Gasteiger partial charge in [-0.05, 0) is 55.3 Å². The standard InChI is InChI=1S/C22H21ClN4O3/c1-14(28)24-19-7-5-15(6-8-19)20-25-21(30-26-20)16-9-11-27(12-10-16)22(29)17-3-2-4-18(23)13-17/h2-8,13,16H,9-12H2,1H3,(H,24,28). The molecule has 0 bridgehead atoms. The van der Waals surface area contributed by atoms with Gasteiger partial charge in [-0.25, -0.2) is 0 Å². The highest BCUT2D eigenvalue weighted by molar-refractivity contribution is 6.30. The summed E-state index contributed by atoms with van der Waals surface area (Å²) in [5.74, 6) is 1.09. The predicted octanol–water partition coefficient (Wildman–Crippen LogP) is 4.37. The Kier molecular flexibility index (Phi) is 5.81. The van der Waals surface area contributed by atoms with Crippen LogP contribution in [0.5, 0.6) is 0 Å². The van der Waals surface area contributed by atoms with Gasteiger partial charge in [-0.15, -0.1) is 0 Å². The smallest absolute Gasteiger partial charge is 0.253 e. The molecule has 1 aliphatic rings. The summed E-state index contributed by atoms with van der Waals surface area (Å²) in [4.78, 5) is 30.2. The summed E-state index contributed by atoms with van der Waals surface area (Å²) < 4.78 is 5.50. The highest BCUT2D eigenvalue weighted by Crippen LogP contribution is 2.29. The fourth-order valence-electron chi connectivity index (χ4n) is 3.56. The van der Waals surface area contributed by atoms with Crippen molar-refractivity contribution in [3.8, 4) is 11.4 Å². The molecule has 0 radical (unpaired) electrons. The molecule has 8 heteroatoms. The summed E-state index contributed by atoms with van der Waals surface area (Å²) in [5, 5.41) is 7.38. The second kappa shape index (κ2) is 8.67. The van der Waals surface area contributed by atoms with E-state index in [1.807, 2.05) is 17.0 Å². The third kappa shape index (κ3) is 4.52. The van der Waals surface area contributed by atoms with Crippen LogP contribution in [0.1, 0.15) is 41.9 Å². The Morgan fingerprint density at radius 2 is 1.87 bits per heavy atom. The minimum Gasteiger partial charge on any atom is -0.339 e. The predicted molar refractivity (Wildman–Crippen MR) is 113 cm³/mol. The molecule has 1 aromatic heterocycles. The number of carbonyl (C=O) groups is 2. The molecular weight excluding hydrogens is 404 g/mol. The van der Waals surface area contributed by atoms with Crippen LogP contribution in [0.25, 0.3) is 11.4 Å². The van der Waals surface area contributed by atoms with Crippen LogP contribution in [0.3, 0.4) is 0 Å². The monoisotopic (exact) mass is 424 g/mol. The molecule has 0 atom stereocenters. The van der Waals surface area contributed by atoms with Crippen LogP contribution in [0.15, 0.2) is 53.1 Å². The zero-order valence-corrected chi connectivity index (χ0v) is 17.2. The minimum absolute atomic E-state index is 0.0126. The number of likely N-dealkylation sites (tertiary alicyclic amines) is 1. The van der Waals surface area contributed by atoms with Crippen molar-refractivity contribution in [2.45, 2.75) is 25.7 Å². The van der Waals surface area contributed by atoms with Crippen LogP contribution in [0.4, 0.5) is 5.69 Å². The van der Waals surface area contributed by atoms with Gasteiger partial charge in [-0.3, -0.25) is 9.59 Å². The summed E-state index contributed by atoms with van der Waals surface area (Å²) in [5.41, 5.74) is 2.13. The Morgan fingerprint density at radius 3 is 2.53 bits per heavy atom. The van der Waals surface area contributed by atoms with Gasteiger partial charge in [0.05, 0.1) is 0 Å². The van der Waals surface area contributed by atoms with Crippen molar-refractivity contribution in [1.82, 2.24) is 15.0 Å². The SMILES string of the molecule is CC(=O)Nc1ccc(-c2noc(C3CCN(C(=O)c4cccc(Cl)c4)CC3)n2)cc1. The molecule has 2 amide bonds. The van der Waals surface area contributed by atoms with Crippen molar-refractivity contribution in [2.75, 3.05) is 18.4 Å². The molecule has 1 N–H and O–H groups in total. The van der Waals surface area contributed by atoms with Crippen LogP contribution in [-0.2, 0) is 4.79 Å². The van der Waals surface area contributed by atoms with E-state index in [0.717, 1.165) is 18.4 Å². The highest BCUT2D eigenvalue weighted by Gasteiger charge is 2.28. The Balaban J connectivity index is 1.38. The molecule has 2 aromatic carbocycles. The van der Waals surface area contributed by atoms with Crippen molar-refractivity contribution in [1.29, 1.82) is 0 Å². The number of aromatic nitrogens is 2. The molecule has 154 valence electrons. The van der Waals surface area contributed by atoms with Crippen molar-refractivity contribution >= 4 is 29.1 Å². The maximum absolute atomic E-state index is 12.7. The molecule has 0 spiro atoms. The molecular formula is C22H21ClN4O3. The van der Waals surface area contributed by atoms with Gasteiger partial charge in [0.25, 0.3) is 5.91 Å². The van der Waals surface area contributed by atoms with Crippen LogP contribution >= 0.6 is 11.6 Å². The van der Waals surface area contributed by atoms with E-state index in [2.05, 4.69) is 15.5 Å². The molecule has 1 aliphatic heterocycles. The lowest BCUT2D eigenvalue weighted by molar-refractivity contribution is -0.114. The Morgan fingerprint density at radius 1 is 1.13 bits per heavy atom. The minimum atomic E-state index is -0.121. The van der Waals surface area contributed by atoms with Gasteiger partial charge in [0, 0.05) is 47.8 Å². The van der Waals surface area contributed by atoms with E-state index >= 15 is 0 Å². The van der Waals surface area contributed by atoms with Gasteiger partial charge in [0.1, 0.15) is 0 Å². The molecule has 4 rings (SSSR count). The van der Waals surface area contributed by atoms with E-state index in [1.54, 1.807) is 36.4 Å². The topological polar surface area (TPSA) is 88.3 Å². The lowest BCUT2D eigenvalue weighted by Crippen LogP contribution is -2.38. The Bertz CT molecular complexity index is 1060. The highest BCUT2D eigenvalue weighted by atomic mass is 35.5. The molecule has 2 heterocycles. The fraction of sp³-hybridized carbons (Fsp3) is 0.273. The summed E-state index contributed by atoms with van der Waals surface area (Å²) >= 11 is 6.00. The van der Waals surface area contributed by atoms with Gasteiger partial charge in [-0.1, -0.05) is 22.8 Å². The normalized spacial score (nSPS) is 14.5. The van der Waals surface area contributed by atoms with Crippen molar-refractivity contribution in [2.24, 2.45) is 0 Å². The third-order valence-corrected chi connectivity index (χ3v) is 5.34. The number of hydrogen-bond donors (Lipinski definition) is 1. The number of nitrogens with one attached hydrogen (secondary N) is 1. The number of amides is 2. The second-order valence-corrected chi connectivity index (χ2v) is 7.73. The summed E-state index contributed by atoms with van der Waals surface area (Å²) in [7, 11) is 0. The van der Waals surface area contributed by atoms with E-state index in [9.17, 15) is 9.59 Å². The average molecular weight is 425 g/mol. The molecule has 7 nitrogen and oxygen atoms in total. The lowest BCUT2D eigenvalue weighted by atomic mass is 9.96. The Hall–Kier alpha value is -3.19. The lowest BCUT2D eigenvalue weighted by Gasteiger charge is -2.30. The van der Waals surface area contributed by atoms with Crippen LogP contribution in [-0.4, -0.2) is 39.9 Å². The zero-order chi connectivity index (χ0) is 21.1. The van der Waals surface area contributed by atoms with E-state index in [4.69, 9.17) is 16.1 Å². The molecule has 0 aliphatic carbocycles. The van der Waals surface area contributed by atoms with Crippen molar-refractivity contribution in [3.63, 3.8) is 0 Å². The number of carbonyl (C=O) groups excluding carboxylic acids is 2. The number of benzene rings is 2. The molecule has 0 unspecified atom stereocenters. The molecule has 1 fully saturated rings. The third-order valence-electron chi connectivity index (χ3n) is 5.11. The first-order valence-electron chi connectivity index (χ1n) is 9.76. The number of hydrogen-bond acceptors (Lipinski definition) is 5. The Labute approximate surface area is 179 Å². The average Bonchev–Trinajstić information content (AvgIpc) is 3.24. The zero-order valence-electron chi connectivity index (χ0n) is 16.5. The van der Waals surface area contributed by atoms with E-state index in [0.29, 0.717) is 41.1 Å². The van der Waals surface area contributed by atoms with E-state index < -0.39 is 0 Å². The van der Waals surface area contributed by atoms with E-state index in [-0.39, 0.29) is 17.7 Å². The van der Waals surface area contributed by atoms with Gasteiger partial charge in [0.2, 0.25) is 17.6 Å². The first kappa shape index (κ1) is 20.1. The van der Waals surface area contributed by atoms with Crippen LogP contribution < -0.4 is 5.32 Å². The van der Waals surface area contributed by atoms with Crippen molar-refractivity contribution < 1.29 is 14.1 Å². The van der Waals surface area contributed by atoms with Gasteiger partial charge >= 0.3 is 0 Å². The first-order chi connectivity index (χ1) is 14.5. The number of anilines is 1. The maximum atomic E-state index is 12.7. The largest absolute Gasteiger partial charge is 0.339 e. The second-order valence-electron chi connectivity index (χ2n) is 7.29. The van der Waals surface area contributed by atoms with E-state index in [1.165, 1.54) is 6.92 Å². The number of rotatable bonds is 4. The van der Waals surface area contributed by atoms with Gasteiger partial charge < -0.3 is 14.7 Å². The number of nitrogens with zero attached hydrogens (tertiary/aromatic N) is 3. The molecule has 3 aromatic rings. The summed E-state index contributed by atoms with van der Waals surface area (Å²) in [6, 6.07) is 14.3. The molecule has 1 saturated heterocycles. The fourth-order valence-corrected chi connectivity index (χ4v) is 3.75. The number of halogens is 1. The quantitative estimate of drug-likeness (QED) is 0.671. The van der Waals surface area contributed by atoms with Gasteiger partial charge in [-0.2, -0.15) is 4.98 Å². The first-order valence-corrected chi connectivity index (χ1v) is 10.1. The van der Waals surface area contributed by atoms with Crippen LogP contribution in [0, 0.1) is 0 Å².